The summed E-state index contributed by atoms with van der Waals surface area (Å²) in [6, 6.07) is 0. The second-order valence-corrected chi connectivity index (χ2v) is 44.6. The summed E-state index contributed by atoms with van der Waals surface area (Å²) in [5.41, 5.74) is 8.11. The minimum absolute atomic E-state index is 0.0300. The molecule has 0 amide bonds. The maximum atomic E-state index is 13.6. The minimum atomic E-state index is -0.896. The second kappa shape index (κ2) is 72.8. The van der Waals surface area contributed by atoms with Crippen LogP contribution in [0.5, 0.6) is 23.0 Å². The first kappa shape index (κ1) is 124. The van der Waals surface area contributed by atoms with Gasteiger partial charge in [0, 0.05) is 50.4 Å². The number of esters is 5. The highest BCUT2D eigenvalue weighted by Crippen LogP contribution is 2.47. The van der Waals surface area contributed by atoms with Gasteiger partial charge >= 0.3 is 35.8 Å². The fourth-order valence-electron chi connectivity index (χ4n) is 18.8. The van der Waals surface area contributed by atoms with Crippen LogP contribution in [0.1, 0.15) is 490 Å². The van der Waals surface area contributed by atoms with Crippen LogP contribution >= 0.6 is 0 Å². The monoisotopic (exact) mass is 1870 g/mol. The number of nitrogens with zero attached hydrogens (tertiary/aromatic N) is 2. The maximum Gasteiger partial charge on any atom is 0.312 e. The molecule has 2 N–H and O–H groups in total. The van der Waals surface area contributed by atoms with E-state index in [1.807, 2.05) is 30.6 Å². The molecule has 133 heavy (non-hydrogen) atoms. The molecule has 0 bridgehead atoms. The Balaban J connectivity index is 0.000000748. The Kier molecular flexibility index (Phi) is 67.7. The van der Waals surface area contributed by atoms with Crippen LogP contribution in [0.3, 0.4) is 0 Å². The Hall–Kier alpha value is -5.42. The van der Waals surface area contributed by atoms with Crippen LogP contribution in [-0.2, 0) is 60.6 Å². The first-order valence-corrected chi connectivity index (χ1v) is 55.0. The van der Waals surface area contributed by atoms with E-state index in [2.05, 4.69) is 145 Å². The fraction of sp³-hybridized carbons (Fsp3) is 0.845. The molecule has 772 valence electrons. The average Bonchev–Trinajstić information content (AvgIpc) is 0.770. The average molecular weight is 1870 g/mol. The van der Waals surface area contributed by atoms with Gasteiger partial charge in [0.25, 0.3) is 0 Å². The molecule has 17 nitrogen and oxygen atoms in total. The van der Waals surface area contributed by atoms with Crippen LogP contribution in [0.15, 0.2) is 0 Å². The molecule has 17 heteroatoms. The van der Waals surface area contributed by atoms with Crippen molar-refractivity contribution in [3.05, 3.63) is 44.5 Å². The third kappa shape index (κ3) is 60.2. The molecule has 0 radical (unpaired) electrons. The van der Waals surface area contributed by atoms with Gasteiger partial charge in [-0.15, -0.1) is 0 Å². The lowest BCUT2D eigenvalue weighted by Crippen LogP contribution is -2.37. The molecule has 2 heterocycles. The van der Waals surface area contributed by atoms with Crippen molar-refractivity contribution in [2.24, 2.45) is 59.2 Å². The summed E-state index contributed by atoms with van der Waals surface area (Å²) < 4.78 is 41.5. The quantitative estimate of drug-likeness (QED) is 0.0273. The Morgan fingerprint density at radius 3 is 0.850 bits per heavy atom. The summed E-state index contributed by atoms with van der Waals surface area (Å²) in [6.45, 7) is 57.8. The van der Waals surface area contributed by atoms with E-state index < -0.39 is 5.97 Å². The third-order valence-electron chi connectivity index (χ3n) is 28.5. The number of phenolic OH excluding ortho intramolecular Hbond substituents is 1. The summed E-state index contributed by atoms with van der Waals surface area (Å²) in [5, 5.41) is 19.4. The normalized spacial score (nSPS) is 15.7. The number of carboxylic acids is 1. The number of aromatic hydroxyl groups is 1. The number of fused-ring (bicyclic) bond motifs is 2. The van der Waals surface area contributed by atoms with Gasteiger partial charge in [-0.3, -0.25) is 28.8 Å². The molecule has 0 aromatic heterocycles. The number of phenols is 1. The van der Waals surface area contributed by atoms with Crippen molar-refractivity contribution in [1.82, 2.24) is 9.80 Å². The molecule has 0 fully saturated rings. The SMILES string of the molecule is CC(C)CCCCCCCOC(=O)CCN(CCC(=O)O)CCC(=O)OCCCCCCCC(C)C.Cc1c(C)c2c(c(C)c1O)CC[C@@](C)(CCC[C@H](C)CCC[C@H](C)CCCC(C)C)O2.Cc1c(C)c2c(c(C)c1OC(=O)CCN(CCC(=O)OCCCCCCCC(C)C)CCC(=O)OCCCCCCCC(C)C)CC[C@@](C)(CCC[C@H](C)CCC[C@H](C)CCCC(C)C)O2. The zero-order chi connectivity index (χ0) is 99.1. The van der Waals surface area contributed by atoms with Gasteiger partial charge in [-0.1, -0.05) is 329 Å². The standard InChI is InChI=1S/C58H103NO7.C29H55NO6.C29H50O2/c1-44(2)26-19-15-13-17-21-42-63-53(60)34-39-59(40-35-54(61)64-43-22-18-14-16-20-27-45(3)4)41-36-55(62)65-56-49(9)50(10)57-52(51(56)11)33-38-58(12,66-57)37-25-32-48(8)31-24-30-47(7)29-23-28-46(5)6;1-25(2)15-11-7-5-9-13-23-35-28(33)18-21-30(20-17-27(31)32)22-19-29(34)36-24-14-10-6-8-12-16-26(3)4;1-20(2)12-9-13-21(3)14-10-15-22(4)16-11-18-29(8)19-17-26-25(7)27(30)23(5)24(6)28(26)31-29/h44-48H,13-43H2,1-12H3;25-26H,5-24H2,1-4H3,(H,31,32);20-22,30H,9-19H2,1-8H3/t47-,48-,58-;;21-,22-,29-/m1.1/s1. The molecule has 0 unspecified atom stereocenters. The Labute approximate surface area is 816 Å². The molecule has 0 spiro atoms. The minimum Gasteiger partial charge on any atom is -0.507 e. The zero-order valence-electron chi connectivity index (χ0n) is 90.7. The highest BCUT2D eigenvalue weighted by molar-refractivity contribution is 5.75. The van der Waals surface area contributed by atoms with E-state index in [-0.39, 0.29) is 79.6 Å². The molecule has 2 aliphatic heterocycles. The number of benzene rings is 2. The molecule has 0 aliphatic carbocycles. The Morgan fingerprint density at radius 2 is 0.549 bits per heavy atom. The first-order chi connectivity index (χ1) is 63.1. The lowest BCUT2D eigenvalue weighted by atomic mass is 9.83. The van der Waals surface area contributed by atoms with Gasteiger partial charge in [0.1, 0.15) is 34.2 Å². The molecule has 6 atom stereocenters. The summed E-state index contributed by atoms with van der Waals surface area (Å²) in [7, 11) is 0. The van der Waals surface area contributed by atoms with Crippen molar-refractivity contribution in [3.63, 3.8) is 0 Å². The summed E-state index contributed by atoms with van der Waals surface area (Å²) >= 11 is 0. The predicted molar refractivity (Wildman–Crippen MR) is 555 cm³/mol. The van der Waals surface area contributed by atoms with E-state index in [1.165, 1.54) is 198 Å². The maximum absolute atomic E-state index is 13.6. The zero-order valence-corrected chi connectivity index (χ0v) is 90.7. The van der Waals surface area contributed by atoms with Crippen molar-refractivity contribution in [2.45, 2.75) is 511 Å². The Morgan fingerprint density at radius 1 is 0.301 bits per heavy atom. The van der Waals surface area contributed by atoms with Crippen molar-refractivity contribution in [2.75, 3.05) is 65.7 Å². The Bertz CT molecular complexity index is 3350. The van der Waals surface area contributed by atoms with Crippen LogP contribution in [-0.4, -0.2) is 133 Å². The number of carbonyl (C=O) groups is 6. The van der Waals surface area contributed by atoms with E-state index in [1.54, 1.807) is 0 Å². The van der Waals surface area contributed by atoms with Crippen molar-refractivity contribution < 1.29 is 72.1 Å². The van der Waals surface area contributed by atoms with Crippen LogP contribution in [0.25, 0.3) is 0 Å². The number of carbonyl (C=O) groups excluding carboxylic acids is 5. The van der Waals surface area contributed by atoms with Crippen LogP contribution < -0.4 is 14.2 Å². The molecule has 2 aromatic carbocycles. The summed E-state index contributed by atoms with van der Waals surface area (Å²) in [5.74, 6) is 8.75. The topological polar surface area (TPSA) is 214 Å². The summed E-state index contributed by atoms with van der Waals surface area (Å²) in [6.07, 6.45) is 55.7. The van der Waals surface area contributed by atoms with E-state index in [0.717, 1.165) is 212 Å². The highest BCUT2D eigenvalue weighted by Gasteiger charge is 2.37. The number of hydrogen-bond acceptors (Lipinski definition) is 16. The molecular weight excluding hydrogens is 1660 g/mol. The van der Waals surface area contributed by atoms with Crippen LogP contribution in [0.4, 0.5) is 0 Å². The molecule has 0 saturated heterocycles. The van der Waals surface area contributed by atoms with Gasteiger partial charge in [0.15, 0.2) is 0 Å². The van der Waals surface area contributed by atoms with Gasteiger partial charge in [-0.2, -0.15) is 0 Å². The van der Waals surface area contributed by atoms with Crippen molar-refractivity contribution >= 4 is 35.8 Å². The van der Waals surface area contributed by atoms with Crippen molar-refractivity contribution in [1.29, 1.82) is 0 Å². The summed E-state index contributed by atoms with van der Waals surface area (Å²) in [4.78, 5) is 78.1. The van der Waals surface area contributed by atoms with Gasteiger partial charge in [-0.25, -0.2) is 0 Å². The molecule has 2 aliphatic rings. The fourth-order valence-corrected chi connectivity index (χ4v) is 18.8. The van der Waals surface area contributed by atoms with Crippen LogP contribution in [0, 0.1) is 101 Å². The second-order valence-electron chi connectivity index (χ2n) is 44.6. The smallest absolute Gasteiger partial charge is 0.312 e. The van der Waals surface area contributed by atoms with E-state index in [0.29, 0.717) is 77.2 Å². The molecule has 2 aromatic rings. The highest BCUT2D eigenvalue weighted by atomic mass is 16.6. The number of ether oxygens (including phenoxy) is 7. The van der Waals surface area contributed by atoms with Crippen LogP contribution in [0.2, 0.25) is 0 Å². The molecule has 0 saturated carbocycles. The first-order valence-electron chi connectivity index (χ1n) is 55.0. The number of carboxylic acid groups (broad SMARTS) is 1. The van der Waals surface area contributed by atoms with Crippen molar-refractivity contribution in [3.8, 4) is 23.0 Å². The predicted octanol–water partition coefficient (Wildman–Crippen LogP) is 31.1. The number of hydrogen-bond donors (Lipinski definition) is 2. The van der Waals surface area contributed by atoms with Gasteiger partial charge in [0.2, 0.25) is 0 Å². The van der Waals surface area contributed by atoms with Gasteiger partial charge in [0.05, 0.1) is 65.0 Å². The number of rotatable bonds is 75. The largest absolute Gasteiger partial charge is 0.507 e. The number of aliphatic carboxylic acids is 1. The number of unbranched alkanes of at least 4 members (excludes halogenated alkanes) is 16. The molecular formula is C116H208N2O15. The van der Waals surface area contributed by atoms with E-state index in [4.69, 9.17) is 38.3 Å². The lowest BCUT2D eigenvalue weighted by molar-refractivity contribution is -0.146. The molecule has 4 rings (SSSR count). The van der Waals surface area contributed by atoms with E-state index in [9.17, 15) is 33.9 Å². The lowest BCUT2D eigenvalue weighted by Gasteiger charge is -2.38. The van der Waals surface area contributed by atoms with E-state index >= 15 is 0 Å². The van der Waals surface area contributed by atoms with Gasteiger partial charge in [-0.05, 0) is 225 Å². The van der Waals surface area contributed by atoms with Gasteiger partial charge < -0.3 is 53.2 Å². The third-order valence-corrected chi connectivity index (χ3v) is 28.5.